The first-order chi connectivity index (χ1) is 12.7. The summed E-state index contributed by atoms with van der Waals surface area (Å²) in [7, 11) is 1.58. The second-order valence-electron chi connectivity index (χ2n) is 5.60. The fourth-order valence-electron chi connectivity index (χ4n) is 2.80. The topological polar surface area (TPSA) is 48.0 Å². The Morgan fingerprint density at radius 1 is 1.19 bits per heavy atom. The van der Waals surface area contributed by atoms with Crippen LogP contribution in [-0.4, -0.2) is 30.6 Å². The third kappa shape index (κ3) is 3.04. The molecule has 2 aromatic rings. The van der Waals surface area contributed by atoms with Crippen molar-refractivity contribution in [3.8, 4) is 17.2 Å². The molecule has 1 saturated heterocycles. The van der Waals surface area contributed by atoms with E-state index in [1.165, 1.54) is 11.8 Å². The molecular formula is C19H15NO4S2. The molecule has 26 heavy (non-hydrogen) atoms. The van der Waals surface area contributed by atoms with E-state index in [0.717, 1.165) is 11.3 Å². The first-order valence-electron chi connectivity index (χ1n) is 7.98. The summed E-state index contributed by atoms with van der Waals surface area (Å²) in [6.45, 7) is 0.966. The summed E-state index contributed by atoms with van der Waals surface area (Å²) in [6.07, 6.45) is 1.79. The van der Waals surface area contributed by atoms with Crippen molar-refractivity contribution in [2.75, 3.05) is 25.2 Å². The second-order valence-corrected chi connectivity index (χ2v) is 7.28. The summed E-state index contributed by atoms with van der Waals surface area (Å²) in [4.78, 5) is 14.9. The number of amides is 1. The first-order valence-corrected chi connectivity index (χ1v) is 9.20. The minimum atomic E-state index is -0.139. The molecule has 2 aliphatic rings. The predicted octanol–water partition coefficient (Wildman–Crippen LogP) is 3.87. The molecule has 0 bridgehead atoms. The van der Waals surface area contributed by atoms with Crippen LogP contribution in [0.1, 0.15) is 5.56 Å². The Morgan fingerprint density at radius 3 is 2.73 bits per heavy atom. The van der Waals surface area contributed by atoms with Crippen LogP contribution in [0, 0.1) is 0 Å². The van der Waals surface area contributed by atoms with Gasteiger partial charge in [0.1, 0.15) is 13.2 Å². The number of nitrogens with zero attached hydrogens (tertiary/aromatic N) is 1. The fourth-order valence-corrected chi connectivity index (χ4v) is 4.09. The van der Waals surface area contributed by atoms with Crippen molar-refractivity contribution in [1.29, 1.82) is 0 Å². The van der Waals surface area contributed by atoms with Crippen LogP contribution in [0.25, 0.3) is 6.08 Å². The van der Waals surface area contributed by atoms with E-state index in [9.17, 15) is 4.79 Å². The zero-order chi connectivity index (χ0) is 18.1. The smallest absolute Gasteiger partial charge is 0.270 e. The van der Waals surface area contributed by atoms with Crippen LogP contribution in [0.15, 0.2) is 47.4 Å². The number of hydrogen-bond donors (Lipinski definition) is 0. The summed E-state index contributed by atoms with van der Waals surface area (Å²) in [6, 6.07) is 13.0. The van der Waals surface area contributed by atoms with Crippen LogP contribution in [0.4, 0.5) is 5.69 Å². The highest BCUT2D eigenvalue weighted by molar-refractivity contribution is 8.27. The van der Waals surface area contributed by atoms with Gasteiger partial charge in [-0.05, 0) is 35.9 Å². The average Bonchev–Trinajstić information content (AvgIpc) is 2.95. The molecule has 0 aromatic heterocycles. The molecule has 0 atom stereocenters. The van der Waals surface area contributed by atoms with Crippen LogP contribution in [0.5, 0.6) is 17.2 Å². The number of para-hydroxylation sites is 1. The quantitative estimate of drug-likeness (QED) is 0.590. The van der Waals surface area contributed by atoms with Gasteiger partial charge in [0.05, 0.1) is 17.7 Å². The lowest BCUT2D eigenvalue weighted by Gasteiger charge is -2.21. The van der Waals surface area contributed by atoms with Gasteiger partial charge in [-0.15, -0.1) is 0 Å². The predicted molar refractivity (Wildman–Crippen MR) is 106 cm³/mol. The Bertz CT molecular complexity index is 894. The number of carbonyl (C=O) groups excluding carboxylic acids is 1. The van der Waals surface area contributed by atoms with Gasteiger partial charge in [0.15, 0.2) is 15.8 Å². The van der Waals surface area contributed by atoms with Crippen LogP contribution in [-0.2, 0) is 4.79 Å². The highest BCUT2D eigenvalue weighted by atomic mass is 32.2. The van der Waals surface area contributed by atoms with E-state index in [0.29, 0.717) is 39.7 Å². The molecule has 4 rings (SSSR count). The third-order valence-electron chi connectivity index (χ3n) is 3.96. The summed E-state index contributed by atoms with van der Waals surface area (Å²) < 4.78 is 17.2. The van der Waals surface area contributed by atoms with Gasteiger partial charge in [0, 0.05) is 0 Å². The van der Waals surface area contributed by atoms with Gasteiger partial charge in [-0.2, -0.15) is 0 Å². The average molecular weight is 385 g/mol. The molecule has 0 spiro atoms. The Balaban J connectivity index is 1.69. The second kappa shape index (κ2) is 7.01. The first kappa shape index (κ1) is 16.9. The highest BCUT2D eigenvalue weighted by Gasteiger charge is 2.33. The lowest BCUT2D eigenvalue weighted by atomic mass is 10.1. The third-order valence-corrected chi connectivity index (χ3v) is 5.26. The summed E-state index contributed by atoms with van der Waals surface area (Å²) >= 11 is 6.67. The van der Waals surface area contributed by atoms with Gasteiger partial charge in [-0.25, -0.2) is 0 Å². The number of ether oxygens (including phenoxy) is 3. The zero-order valence-corrected chi connectivity index (χ0v) is 15.6. The SMILES string of the molecule is COc1cc(/C=C2\SC(=S)N(c3ccccc3)C2=O)cc2c1OCCO2. The monoisotopic (exact) mass is 385 g/mol. The number of carbonyl (C=O) groups is 1. The molecule has 1 amide bonds. The molecule has 2 aliphatic heterocycles. The number of benzene rings is 2. The summed E-state index contributed by atoms with van der Waals surface area (Å²) in [5, 5.41) is 0. The van der Waals surface area contributed by atoms with Gasteiger partial charge in [0.25, 0.3) is 5.91 Å². The molecule has 5 nitrogen and oxygen atoms in total. The fraction of sp³-hybridized carbons (Fsp3) is 0.158. The maximum atomic E-state index is 12.8. The maximum Gasteiger partial charge on any atom is 0.270 e. The van der Waals surface area contributed by atoms with Gasteiger partial charge in [-0.1, -0.05) is 42.2 Å². The van der Waals surface area contributed by atoms with E-state index in [1.807, 2.05) is 42.5 Å². The van der Waals surface area contributed by atoms with Crippen molar-refractivity contribution in [2.24, 2.45) is 0 Å². The minimum Gasteiger partial charge on any atom is -0.493 e. The molecule has 7 heteroatoms. The molecule has 0 aliphatic carbocycles. The largest absolute Gasteiger partial charge is 0.493 e. The van der Waals surface area contributed by atoms with Gasteiger partial charge in [0.2, 0.25) is 5.75 Å². The Kier molecular flexibility index (Phi) is 4.57. The van der Waals surface area contributed by atoms with Crippen molar-refractivity contribution in [3.63, 3.8) is 0 Å². The number of rotatable bonds is 3. The number of thioether (sulfide) groups is 1. The molecule has 1 fully saturated rings. The van der Waals surface area contributed by atoms with E-state index in [2.05, 4.69) is 0 Å². The van der Waals surface area contributed by atoms with Crippen LogP contribution in [0.3, 0.4) is 0 Å². The molecule has 0 radical (unpaired) electrons. The van der Waals surface area contributed by atoms with Gasteiger partial charge < -0.3 is 14.2 Å². The number of fused-ring (bicyclic) bond motifs is 1. The van der Waals surface area contributed by atoms with Crippen LogP contribution < -0.4 is 19.1 Å². The lowest BCUT2D eigenvalue weighted by molar-refractivity contribution is -0.113. The Hall–Kier alpha value is -2.51. The van der Waals surface area contributed by atoms with Crippen molar-refractivity contribution < 1.29 is 19.0 Å². The standard InChI is InChI=1S/C19H15NO4S2/c1-22-14-9-12(10-15-17(14)24-8-7-23-15)11-16-18(21)20(19(25)26-16)13-5-3-2-4-6-13/h2-6,9-11H,7-8H2,1H3/b16-11-. The summed E-state index contributed by atoms with van der Waals surface area (Å²) in [5.74, 6) is 1.64. The van der Waals surface area contributed by atoms with Gasteiger partial charge >= 0.3 is 0 Å². The molecule has 132 valence electrons. The highest BCUT2D eigenvalue weighted by Crippen LogP contribution is 2.42. The Morgan fingerprint density at radius 2 is 1.96 bits per heavy atom. The van der Waals surface area contributed by atoms with E-state index in [4.69, 9.17) is 26.4 Å². The van der Waals surface area contributed by atoms with Crippen molar-refractivity contribution in [2.45, 2.75) is 0 Å². The van der Waals surface area contributed by atoms with Crippen LogP contribution >= 0.6 is 24.0 Å². The molecule has 0 unspecified atom stereocenters. The van der Waals surface area contributed by atoms with E-state index in [-0.39, 0.29) is 5.91 Å². The summed E-state index contributed by atoms with van der Waals surface area (Å²) in [5.41, 5.74) is 1.55. The van der Waals surface area contributed by atoms with Crippen LogP contribution in [0.2, 0.25) is 0 Å². The maximum absolute atomic E-state index is 12.8. The number of methoxy groups -OCH3 is 1. The van der Waals surface area contributed by atoms with Crippen molar-refractivity contribution in [3.05, 3.63) is 52.9 Å². The molecule has 0 N–H and O–H groups in total. The Labute approximate surface area is 160 Å². The molecule has 2 heterocycles. The van der Waals surface area contributed by atoms with Gasteiger partial charge in [-0.3, -0.25) is 9.69 Å². The molecular weight excluding hydrogens is 370 g/mol. The van der Waals surface area contributed by atoms with E-state index in [1.54, 1.807) is 18.1 Å². The normalized spacial score (nSPS) is 17.7. The minimum absolute atomic E-state index is 0.139. The number of thiocarbonyl (C=S) groups is 1. The molecule has 2 aromatic carbocycles. The van der Waals surface area contributed by atoms with E-state index < -0.39 is 0 Å². The van der Waals surface area contributed by atoms with E-state index >= 15 is 0 Å². The number of anilines is 1. The zero-order valence-electron chi connectivity index (χ0n) is 13.9. The number of hydrogen-bond acceptors (Lipinski definition) is 6. The van der Waals surface area contributed by atoms with Crippen molar-refractivity contribution >= 4 is 46.0 Å². The lowest BCUT2D eigenvalue weighted by Crippen LogP contribution is -2.27. The van der Waals surface area contributed by atoms with Crippen molar-refractivity contribution in [1.82, 2.24) is 0 Å². The molecule has 0 saturated carbocycles.